The van der Waals surface area contributed by atoms with Crippen LogP contribution in [0.3, 0.4) is 0 Å². The van der Waals surface area contributed by atoms with Gasteiger partial charge < -0.3 is 10.1 Å². The zero-order chi connectivity index (χ0) is 16.7. The molecule has 0 radical (unpaired) electrons. The van der Waals surface area contributed by atoms with Gasteiger partial charge in [0.2, 0.25) is 5.91 Å². The molecule has 2 aromatic carbocycles. The molecule has 0 aliphatic carbocycles. The van der Waals surface area contributed by atoms with E-state index >= 15 is 0 Å². The minimum Gasteiger partial charge on any atom is -0.491 e. The lowest BCUT2D eigenvalue weighted by atomic mass is 10.1. The summed E-state index contributed by atoms with van der Waals surface area (Å²) < 4.78 is 18.4. The van der Waals surface area contributed by atoms with E-state index in [9.17, 15) is 9.18 Å². The van der Waals surface area contributed by atoms with E-state index in [1.54, 1.807) is 18.2 Å². The summed E-state index contributed by atoms with van der Waals surface area (Å²) >= 11 is 0. The number of nitrogens with one attached hydrogen (secondary N) is 1. The average molecular weight is 313 g/mol. The molecule has 0 aromatic heterocycles. The highest BCUT2D eigenvalue weighted by atomic mass is 19.1. The highest BCUT2D eigenvalue weighted by molar-refractivity contribution is 5.91. The van der Waals surface area contributed by atoms with Crippen molar-refractivity contribution in [3.63, 3.8) is 0 Å². The Hall–Kier alpha value is -2.62. The molecule has 0 bridgehead atoms. The van der Waals surface area contributed by atoms with Gasteiger partial charge >= 0.3 is 0 Å². The van der Waals surface area contributed by atoms with Crippen molar-refractivity contribution in [1.82, 2.24) is 5.32 Å². The molecule has 120 valence electrons. The van der Waals surface area contributed by atoms with Gasteiger partial charge in [0, 0.05) is 6.08 Å². The quantitative estimate of drug-likeness (QED) is 0.653. The summed E-state index contributed by atoms with van der Waals surface area (Å²) in [5.74, 6) is 0.320. The lowest BCUT2D eigenvalue weighted by molar-refractivity contribution is -0.116. The van der Waals surface area contributed by atoms with E-state index in [0.717, 1.165) is 16.9 Å². The minimum absolute atomic E-state index is 0.210. The second-order valence-electron chi connectivity index (χ2n) is 5.29. The van der Waals surface area contributed by atoms with E-state index in [0.29, 0.717) is 13.2 Å². The Bertz CT molecular complexity index is 693. The van der Waals surface area contributed by atoms with Gasteiger partial charge in [0.1, 0.15) is 18.2 Å². The maximum atomic E-state index is 12.8. The van der Waals surface area contributed by atoms with Crippen molar-refractivity contribution in [2.24, 2.45) is 0 Å². The molecule has 0 atom stereocenters. The molecule has 0 unspecified atom stereocenters. The van der Waals surface area contributed by atoms with Crippen molar-refractivity contribution in [2.45, 2.75) is 13.8 Å². The number of aryl methyl sites for hydroxylation is 2. The van der Waals surface area contributed by atoms with Gasteiger partial charge in [-0.3, -0.25) is 4.79 Å². The van der Waals surface area contributed by atoms with Crippen LogP contribution < -0.4 is 10.1 Å². The second kappa shape index (κ2) is 8.13. The third-order valence-electron chi connectivity index (χ3n) is 3.29. The number of carbonyl (C=O) groups is 1. The third-order valence-corrected chi connectivity index (χ3v) is 3.29. The predicted octanol–water partition coefficient (Wildman–Crippen LogP) is 3.65. The van der Waals surface area contributed by atoms with Gasteiger partial charge in [-0.1, -0.05) is 29.8 Å². The normalized spacial score (nSPS) is 10.7. The first kappa shape index (κ1) is 16.7. The van der Waals surface area contributed by atoms with Crippen LogP contribution in [0.1, 0.15) is 16.7 Å². The zero-order valence-electron chi connectivity index (χ0n) is 13.3. The number of ether oxygens (including phenoxy) is 1. The van der Waals surface area contributed by atoms with E-state index in [4.69, 9.17) is 4.74 Å². The Kier molecular flexibility index (Phi) is 5.92. The van der Waals surface area contributed by atoms with Crippen LogP contribution in [0, 0.1) is 19.7 Å². The summed E-state index contributed by atoms with van der Waals surface area (Å²) in [7, 11) is 0. The van der Waals surface area contributed by atoms with Crippen LogP contribution in [0.25, 0.3) is 6.08 Å². The molecule has 0 fully saturated rings. The second-order valence-corrected chi connectivity index (χ2v) is 5.29. The summed E-state index contributed by atoms with van der Waals surface area (Å²) in [6.45, 7) is 4.84. The fraction of sp³-hybridized carbons (Fsp3) is 0.211. The van der Waals surface area contributed by atoms with Crippen molar-refractivity contribution in [3.8, 4) is 5.75 Å². The van der Waals surface area contributed by atoms with Gasteiger partial charge in [0.05, 0.1) is 6.54 Å². The highest BCUT2D eigenvalue weighted by Crippen LogP contribution is 2.18. The third kappa shape index (κ3) is 5.58. The number of carbonyl (C=O) groups excluding carboxylic acids is 1. The average Bonchev–Trinajstić information content (AvgIpc) is 2.52. The molecule has 4 heteroatoms. The molecule has 3 nitrogen and oxygen atoms in total. The van der Waals surface area contributed by atoms with Crippen molar-refractivity contribution >= 4 is 12.0 Å². The van der Waals surface area contributed by atoms with Crippen molar-refractivity contribution in [3.05, 3.63) is 71.0 Å². The summed E-state index contributed by atoms with van der Waals surface area (Å²) in [6, 6.07) is 11.9. The monoisotopic (exact) mass is 313 g/mol. The maximum absolute atomic E-state index is 12.8. The SMILES string of the molecule is Cc1ccc(OCCNC(=O)/C=C/c2ccc(F)cc2)c(C)c1. The van der Waals surface area contributed by atoms with Crippen LogP contribution in [0.2, 0.25) is 0 Å². The molecule has 0 saturated carbocycles. The van der Waals surface area contributed by atoms with Crippen LogP contribution >= 0.6 is 0 Å². The minimum atomic E-state index is -0.296. The lowest BCUT2D eigenvalue weighted by Gasteiger charge is -2.09. The summed E-state index contributed by atoms with van der Waals surface area (Å²) in [4.78, 5) is 11.7. The molecule has 23 heavy (non-hydrogen) atoms. The molecule has 2 rings (SSSR count). The van der Waals surface area contributed by atoms with E-state index in [2.05, 4.69) is 11.4 Å². The molecule has 0 aliphatic rings. The molecule has 0 aliphatic heterocycles. The lowest BCUT2D eigenvalue weighted by Crippen LogP contribution is -2.26. The molecule has 0 heterocycles. The Labute approximate surface area is 135 Å². The topological polar surface area (TPSA) is 38.3 Å². The van der Waals surface area contributed by atoms with Crippen LogP contribution in [-0.4, -0.2) is 19.1 Å². The number of benzene rings is 2. The molecule has 1 N–H and O–H groups in total. The first-order chi connectivity index (χ1) is 11.0. The van der Waals surface area contributed by atoms with E-state index in [1.165, 1.54) is 23.8 Å². The number of hydrogen-bond acceptors (Lipinski definition) is 2. The van der Waals surface area contributed by atoms with E-state index in [1.807, 2.05) is 26.0 Å². The largest absolute Gasteiger partial charge is 0.491 e. The number of halogens is 1. The first-order valence-electron chi connectivity index (χ1n) is 7.46. The van der Waals surface area contributed by atoms with Gasteiger partial charge in [0.15, 0.2) is 0 Å². The van der Waals surface area contributed by atoms with Gasteiger partial charge in [0.25, 0.3) is 0 Å². The Morgan fingerprint density at radius 2 is 1.91 bits per heavy atom. The van der Waals surface area contributed by atoms with Gasteiger partial charge in [-0.25, -0.2) is 4.39 Å². The van der Waals surface area contributed by atoms with Crippen LogP contribution in [0.15, 0.2) is 48.5 Å². The highest BCUT2D eigenvalue weighted by Gasteiger charge is 2.00. The smallest absolute Gasteiger partial charge is 0.244 e. The fourth-order valence-electron chi connectivity index (χ4n) is 2.10. The van der Waals surface area contributed by atoms with Gasteiger partial charge in [-0.2, -0.15) is 0 Å². The maximum Gasteiger partial charge on any atom is 0.244 e. The molecule has 2 aromatic rings. The Morgan fingerprint density at radius 3 is 2.61 bits per heavy atom. The predicted molar refractivity (Wildman–Crippen MR) is 89.9 cm³/mol. The van der Waals surface area contributed by atoms with Crippen LogP contribution in [-0.2, 0) is 4.79 Å². The van der Waals surface area contributed by atoms with Crippen LogP contribution in [0.5, 0.6) is 5.75 Å². The molecule has 1 amide bonds. The number of hydrogen-bond donors (Lipinski definition) is 1. The van der Waals surface area contributed by atoms with E-state index in [-0.39, 0.29) is 11.7 Å². The molecular formula is C19H20FNO2. The Balaban J connectivity index is 1.73. The summed E-state index contributed by atoms with van der Waals surface area (Å²) in [5.41, 5.74) is 3.04. The number of rotatable bonds is 6. The summed E-state index contributed by atoms with van der Waals surface area (Å²) in [5, 5.41) is 2.74. The molecule has 0 spiro atoms. The zero-order valence-corrected chi connectivity index (χ0v) is 13.3. The van der Waals surface area contributed by atoms with Crippen LogP contribution in [0.4, 0.5) is 4.39 Å². The number of amides is 1. The van der Waals surface area contributed by atoms with Crippen molar-refractivity contribution in [2.75, 3.05) is 13.2 Å². The van der Waals surface area contributed by atoms with E-state index < -0.39 is 0 Å². The van der Waals surface area contributed by atoms with Gasteiger partial charge in [-0.05, 0) is 49.2 Å². The molecule has 0 saturated heterocycles. The Morgan fingerprint density at radius 1 is 1.17 bits per heavy atom. The summed E-state index contributed by atoms with van der Waals surface area (Å²) in [6.07, 6.45) is 3.06. The molecular weight excluding hydrogens is 293 g/mol. The van der Waals surface area contributed by atoms with Crippen molar-refractivity contribution in [1.29, 1.82) is 0 Å². The first-order valence-corrected chi connectivity index (χ1v) is 7.46. The van der Waals surface area contributed by atoms with Gasteiger partial charge in [-0.15, -0.1) is 0 Å². The van der Waals surface area contributed by atoms with Crippen molar-refractivity contribution < 1.29 is 13.9 Å². The fourth-order valence-corrected chi connectivity index (χ4v) is 2.10. The standard InChI is InChI=1S/C19H20FNO2/c1-14-3-9-18(15(2)13-14)23-12-11-21-19(22)10-6-16-4-7-17(20)8-5-16/h3-10,13H,11-12H2,1-2H3,(H,21,22)/b10-6+.